The molecule has 0 aromatic carbocycles. The van der Waals surface area contributed by atoms with E-state index in [1.165, 1.54) is 0 Å². The lowest BCUT2D eigenvalue weighted by molar-refractivity contribution is 0.145. The first-order valence-electron chi connectivity index (χ1n) is 6.95. The number of hydrogen-bond donors (Lipinski definition) is 2. The van der Waals surface area contributed by atoms with E-state index in [-0.39, 0.29) is 6.04 Å². The molecule has 0 amide bonds. The van der Waals surface area contributed by atoms with Gasteiger partial charge < -0.3 is 10.4 Å². The summed E-state index contributed by atoms with van der Waals surface area (Å²) in [6.45, 7) is 8.00. The Morgan fingerprint density at radius 3 is 2.75 bits per heavy atom. The molecule has 0 aliphatic heterocycles. The molecule has 110 valence electrons. The van der Waals surface area contributed by atoms with Crippen molar-refractivity contribution in [3.63, 3.8) is 0 Å². The Bertz CT molecular complexity index is 520. The van der Waals surface area contributed by atoms with Gasteiger partial charge in [0.15, 0.2) is 0 Å². The lowest BCUT2D eigenvalue weighted by Gasteiger charge is -2.17. The molecule has 2 atom stereocenters. The molecule has 0 bridgehead atoms. The highest BCUT2D eigenvalue weighted by atomic mass is 16.3. The van der Waals surface area contributed by atoms with Gasteiger partial charge in [-0.25, -0.2) is 0 Å². The number of rotatable bonds is 7. The van der Waals surface area contributed by atoms with Crippen LogP contribution in [0.5, 0.6) is 0 Å². The van der Waals surface area contributed by atoms with Crippen LogP contribution in [-0.4, -0.2) is 43.9 Å². The summed E-state index contributed by atoms with van der Waals surface area (Å²) in [5, 5.41) is 21.7. The second-order valence-electron chi connectivity index (χ2n) is 5.26. The summed E-state index contributed by atoms with van der Waals surface area (Å²) >= 11 is 0. The molecule has 2 N–H and O–H groups in total. The summed E-state index contributed by atoms with van der Waals surface area (Å²) in [6, 6.07) is 4.19. The zero-order valence-electron chi connectivity index (χ0n) is 12.3. The zero-order chi connectivity index (χ0) is 14.5. The fraction of sp³-hybridized carbons (Fsp3) is 0.571. The van der Waals surface area contributed by atoms with Gasteiger partial charge in [-0.05, 0) is 32.9 Å². The van der Waals surface area contributed by atoms with Crippen LogP contribution in [0.2, 0.25) is 0 Å². The van der Waals surface area contributed by atoms with Crippen molar-refractivity contribution in [1.82, 2.24) is 24.9 Å². The number of aromatic nitrogens is 4. The molecule has 0 fully saturated rings. The summed E-state index contributed by atoms with van der Waals surface area (Å²) in [5.74, 6) is 0. The molecule has 0 saturated heterocycles. The number of aryl methyl sites for hydroxylation is 2. The van der Waals surface area contributed by atoms with Crippen molar-refractivity contribution in [3.8, 4) is 0 Å². The van der Waals surface area contributed by atoms with Crippen LogP contribution in [0.3, 0.4) is 0 Å². The third-order valence-corrected chi connectivity index (χ3v) is 3.24. The third-order valence-electron chi connectivity index (χ3n) is 3.24. The largest absolute Gasteiger partial charge is 0.390 e. The quantitative estimate of drug-likeness (QED) is 0.789. The van der Waals surface area contributed by atoms with Crippen molar-refractivity contribution in [2.24, 2.45) is 0 Å². The summed E-state index contributed by atoms with van der Waals surface area (Å²) in [6.07, 6.45) is 3.12. The predicted molar refractivity (Wildman–Crippen MR) is 77.5 cm³/mol. The highest BCUT2D eigenvalue weighted by Gasteiger charge is 2.10. The van der Waals surface area contributed by atoms with Crippen LogP contribution in [0.25, 0.3) is 0 Å². The van der Waals surface area contributed by atoms with Crippen LogP contribution in [0.4, 0.5) is 0 Å². The summed E-state index contributed by atoms with van der Waals surface area (Å²) < 4.78 is 3.75. The highest BCUT2D eigenvalue weighted by Crippen LogP contribution is 2.09. The van der Waals surface area contributed by atoms with E-state index in [1.807, 2.05) is 23.9 Å². The first kappa shape index (κ1) is 14.7. The van der Waals surface area contributed by atoms with Crippen LogP contribution in [0.15, 0.2) is 24.5 Å². The predicted octanol–water partition coefficient (Wildman–Crippen LogP) is 0.908. The molecule has 2 rings (SSSR count). The molecule has 0 aliphatic rings. The zero-order valence-corrected chi connectivity index (χ0v) is 12.3. The number of nitrogens with one attached hydrogen (secondary N) is 1. The molecule has 6 nitrogen and oxygen atoms in total. The van der Waals surface area contributed by atoms with E-state index < -0.39 is 6.10 Å². The van der Waals surface area contributed by atoms with Gasteiger partial charge in [-0.2, -0.15) is 10.2 Å². The van der Waals surface area contributed by atoms with Crippen LogP contribution < -0.4 is 5.32 Å². The van der Waals surface area contributed by atoms with Crippen molar-refractivity contribution >= 4 is 0 Å². The molecular formula is C14H23N5O. The minimum absolute atomic E-state index is 0.264. The average molecular weight is 277 g/mol. The maximum absolute atomic E-state index is 9.92. The topological polar surface area (TPSA) is 67.9 Å². The van der Waals surface area contributed by atoms with E-state index in [4.69, 9.17) is 0 Å². The van der Waals surface area contributed by atoms with Gasteiger partial charge in [-0.1, -0.05) is 0 Å². The number of nitrogens with zero attached hydrogens (tertiary/aromatic N) is 4. The molecule has 0 spiro atoms. The van der Waals surface area contributed by atoms with Gasteiger partial charge >= 0.3 is 0 Å². The highest BCUT2D eigenvalue weighted by molar-refractivity contribution is 5.07. The number of aliphatic hydroxyl groups is 1. The third kappa shape index (κ3) is 3.91. The molecule has 2 unspecified atom stereocenters. The van der Waals surface area contributed by atoms with Gasteiger partial charge in [0.25, 0.3) is 0 Å². The Balaban J connectivity index is 1.74. The van der Waals surface area contributed by atoms with Crippen LogP contribution >= 0.6 is 0 Å². The fourth-order valence-corrected chi connectivity index (χ4v) is 2.33. The Morgan fingerprint density at radius 2 is 2.15 bits per heavy atom. The molecule has 20 heavy (non-hydrogen) atoms. The van der Waals surface area contributed by atoms with Gasteiger partial charge in [0.2, 0.25) is 0 Å². The Kier molecular flexibility index (Phi) is 4.92. The Hall–Kier alpha value is -1.66. The molecule has 0 radical (unpaired) electrons. The minimum atomic E-state index is -0.442. The molecule has 0 saturated carbocycles. The van der Waals surface area contributed by atoms with Gasteiger partial charge in [0.05, 0.1) is 24.4 Å². The van der Waals surface area contributed by atoms with Crippen molar-refractivity contribution in [3.05, 3.63) is 35.9 Å². The summed E-state index contributed by atoms with van der Waals surface area (Å²) in [4.78, 5) is 0. The molecular weight excluding hydrogens is 254 g/mol. The Morgan fingerprint density at radius 1 is 1.35 bits per heavy atom. The van der Waals surface area contributed by atoms with Crippen molar-refractivity contribution in [2.75, 3.05) is 13.1 Å². The van der Waals surface area contributed by atoms with Crippen LogP contribution in [0.1, 0.15) is 24.4 Å². The molecule has 6 heteroatoms. The standard InChI is InChI=1S/C14H23N5O/c1-11-7-12(2)19(17-11)13(3)8-15-9-14(20)10-18-6-4-5-16-18/h4-7,13-15,20H,8-10H2,1-3H3. The number of hydrogen-bond acceptors (Lipinski definition) is 4. The molecule has 0 aliphatic carbocycles. The second kappa shape index (κ2) is 6.67. The van der Waals surface area contributed by atoms with Gasteiger partial charge in [-0.3, -0.25) is 9.36 Å². The maximum Gasteiger partial charge on any atom is 0.0860 e. The molecule has 2 heterocycles. The van der Waals surface area contributed by atoms with Crippen molar-refractivity contribution in [2.45, 2.75) is 39.5 Å². The van der Waals surface area contributed by atoms with E-state index >= 15 is 0 Å². The first-order valence-corrected chi connectivity index (χ1v) is 6.95. The van der Waals surface area contributed by atoms with E-state index in [9.17, 15) is 5.11 Å². The molecule has 2 aromatic heterocycles. The van der Waals surface area contributed by atoms with Crippen molar-refractivity contribution < 1.29 is 5.11 Å². The Labute approximate surface area is 119 Å². The van der Waals surface area contributed by atoms with E-state index in [0.29, 0.717) is 13.1 Å². The number of aliphatic hydroxyl groups excluding tert-OH is 1. The SMILES string of the molecule is Cc1cc(C)n(C(C)CNCC(O)Cn2cccn2)n1. The normalized spacial score (nSPS) is 14.4. The minimum Gasteiger partial charge on any atom is -0.390 e. The lowest BCUT2D eigenvalue weighted by atomic mass is 10.3. The summed E-state index contributed by atoms with van der Waals surface area (Å²) in [5.41, 5.74) is 2.20. The first-order chi connectivity index (χ1) is 9.56. The van der Waals surface area contributed by atoms with Gasteiger partial charge in [0.1, 0.15) is 0 Å². The average Bonchev–Trinajstić information content (AvgIpc) is 2.98. The van der Waals surface area contributed by atoms with Gasteiger partial charge in [-0.15, -0.1) is 0 Å². The van der Waals surface area contributed by atoms with Crippen LogP contribution in [0, 0.1) is 13.8 Å². The fourth-order valence-electron chi connectivity index (χ4n) is 2.33. The monoisotopic (exact) mass is 277 g/mol. The van der Waals surface area contributed by atoms with E-state index in [0.717, 1.165) is 17.9 Å². The summed E-state index contributed by atoms with van der Waals surface area (Å²) in [7, 11) is 0. The van der Waals surface area contributed by atoms with Crippen LogP contribution in [-0.2, 0) is 6.54 Å². The second-order valence-corrected chi connectivity index (χ2v) is 5.26. The lowest BCUT2D eigenvalue weighted by Crippen LogP contribution is -2.34. The van der Waals surface area contributed by atoms with Gasteiger partial charge in [0, 0.05) is 31.2 Å². The molecule has 2 aromatic rings. The smallest absolute Gasteiger partial charge is 0.0860 e. The van der Waals surface area contributed by atoms with Crippen molar-refractivity contribution in [1.29, 1.82) is 0 Å². The van der Waals surface area contributed by atoms with E-state index in [2.05, 4.69) is 35.4 Å². The van der Waals surface area contributed by atoms with E-state index in [1.54, 1.807) is 10.9 Å². The maximum atomic E-state index is 9.92.